The number of aromatic nitrogens is 2. The summed E-state index contributed by atoms with van der Waals surface area (Å²) in [6.45, 7) is 1.18. The van der Waals surface area contributed by atoms with E-state index < -0.39 is 5.82 Å². The number of nitrogens with two attached hydrogens (primary N) is 1. The van der Waals surface area contributed by atoms with E-state index in [9.17, 15) is 4.39 Å². The van der Waals surface area contributed by atoms with E-state index in [1.165, 1.54) is 0 Å². The first-order valence-corrected chi connectivity index (χ1v) is 7.90. The van der Waals surface area contributed by atoms with Crippen molar-refractivity contribution in [1.82, 2.24) is 14.9 Å². The van der Waals surface area contributed by atoms with Gasteiger partial charge in [0.25, 0.3) is 0 Å². The zero-order chi connectivity index (χ0) is 16.9. The van der Waals surface area contributed by atoms with Gasteiger partial charge in [0.15, 0.2) is 11.6 Å². The van der Waals surface area contributed by atoms with Crippen molar-refractivity contribution in [2.24, 2.45) is 4.99 Å². The molecule has 2 aromatic rings. The summed E-state index contributed by atoms with van der Waals surface area (Å²) in [6.07, 6.45) is 4.08. The Hall–Kier alpha value is -2.70. The number of nitrogens with zero attached hydrogens (tertiary/aromatic N) is 4. The van der Waals surface area contributed by atoms with Crippen molar-refractivity contribution >= 4 is 17.3 Å². The molecule has 3 rings (SSSR count). The standard InChI is InChI=1S/C17H20FN5O/c1-23-8-3-2-7-15(23)21-16-14(18)10-20-17(22-16)24-11-12-5-4-6-13(19)9-12/h4-6,9-10H,2-3,7-8,11,19H2,1H3. The fraction of sp³-hybridized carbons (Fsp3) is 0.353. The van der Waals surface area contributed by atoms with Crippen LogP contribution < -0.4 is 10.5 Å². The van der Waals surface area contributed by atoms with E-state index in [1.54, 1.807) is 6.07 Å². The SMILES string of the molecule is CN1CCCCC1=Nc1nc(OCc2cccc(N)c2)ncc1F. The van der Waals surface area contributed by atoms with Crippen LogP contribution in [0.15, 0.2) is 35.5 Å². The van der Waals surface area contributed by atoms with Gasteiger partial charge in [0, 0.05) is 25.7 Å². The van der Waals surface area contributed by atoms with Crippen molar-refractivity contribution in [3.05, 3.63) is 41.8 Å². The Kier molecular flexibility index (Phi) is 4.88. The molecule has 2 N–H and O–H groups in total. The molecule has 0 saturated carbocycles. The lowest BCUT2D eigenvalue weighted by atomic mass is 10.1. The van der Waals surface area contributed by atoms with Crippen molar-refractivity contribution in [1.29, 1.82) is 0 Å². The molecule has 1 aliphatic heterocycles. The van der Waals surface area contributed by atoms with Crippen LogP contribution in [0.4, 0.5) is 15.9 Å². The molecule has 1 aromatic carbocycles. The molecule has 0 bridgehead atoms. The first-order valence-electron chi connectivity index (χ1n) is 7.90. The summed E-state index contributed by atoms with van der Waals surface area (Å²) in [7, 11) is 1.95. The zero-order valence-electron chi connectivity index (χ0n) is 13.6. The molecular formula is C17H20FN5O. The Labute approximate surface area is 140 Å². The molecule has 0 atom stereocenters. The van der Waals surface area contributed by atoms with Crippen LogP contribution in [0.1, 0.15) is 24.8 Å². The number of hydrogen-bond donors (Lipinski definition) is 1. The number of nitrogen functional groups attached to an aromatic ring is 1. The second kappa shape index (κ2) is 7.25. The second-order valence-electron chi connectivity index (χ2n) is 5.76. The first-order chi connectivity index (χ1) is 11.6. The topological polar surface area (TPSA) is 76.6 Å². The predicted octanol–water partition coefficient (Wildman–Crippen LogP) is 2.92. The van der Waals surface area contributed by atoms with Crippen LogP contribution in [0.3, 0.4) is 0 Å². The molecule has 0 spiro atoms. The molecule has 0 aliphatic carbocycles. The van der Waals surface area contributed by atoms with Gasteiger partial charge in [-0.2, -0.15) is 4.98 Å². The Morgan fingerprint density at radius 3 is 3.04 bits per heavy atom. The van der Waals surface area contributed by atoms with Gasteiger partial charge in [-0.3, -0.25) is 0 Å². The lowest BCUT2D eigenvalue weighted by molar-refractivity contribution is 0.279. The van der Waals surface area contributed by atoms with E-state index in [2.05, 4.69) is 15.0 Å². The number of ether oxygens (including phenoxy) is 1. The van der Waals surface area contributed by atoms with Gasteiger partial charge >= 0.3 is 6.01 Å². The van der Waals surface area contributed by atoms with E-state index in [0.29, 0.717) is 5.69 Å². The van der Waals surface area contributed by atoms with Crippen molar-refractivity contribution in [2.75, 3.05) is 19.3 Å². The van der Waals surface area contributed by atoms with Crippen LogP contribution in [0, 0.1) is 5.82 Å². The van der Waals surface area contributed by atoms with Crippen molar-refractivity contribution in [3.63, 3.8) is 0 Å². The second-order valence-corrected chi connectivity index (χ2v) is 5.76. The molecule has 6 nitrogen and oxygen atoms in total. The summed E-state index contributed by atoms with van der Waals surface area (Å²) >= 11 is 0. The number of rotatable bonds is 4. The highest BCUT2D eigenvalue weighted by Gasteiger charge is 2.15. The van der Waals surface area contributed by atoms with Crippen LogP contribution in [-0.2, 0) is 6.61 Å². The highest BCUT2D eigenvalue weighted by atomic mass is 19.1. The van der Waals surface area contributed by atoms with Crippen LogP contribution >= 0.6 is 0 Å². The minimum atomic E-state index is -0.558. The third-order valence-corrected chi connectivity index (χ3v) is 3.84. The normalized spacial score (nSPS) is 16.4. The third kappa shape index (κ3) is 3.98. The quantitative estimate of drug-likeness (QED) is 0.873. The lowest BCUT2D eigenvalue weighted by Gasteiger charge is -2.25. The fourth-order valence-corrected chi connectivity index (χ4v) is 2.54. The smallest absolute Gasteiger partial charge is 0.318 e. The monoisotopic (exact) mass is 329 g/mol. The Bertz CT molecular complexity index is 750. The number of benzene rings is 1. The maximum atomic E-state index is 13.9. The summed E-state index contributed by atoms with van der Waals surface area (Å²) in [5, 5.41) is 0. The number of anilines is 1. The fourth-order valence-electron chi connectivity index (χ4n) is 2.54. The van der Waals surface area contributed by atoms with Gasteiger partial charge in [0.1, 0.15) is 12.4 Å². The summed E-state index contributed by atoms with van der Waals surface area (Å²) in [5.41, 5.74) is 7.28. The van der Waals surface area contributed by atoms with Crippen LogP contribution in [0.25, 0.3) is 0 Å². The molecule has 1 aliphatic rings. The average molecular weight is 329 g/mol. The summed E-state index contributed by atoms with van der Waals surface area (Å²) < 4.78 is 19.5. The molecule has 7 heteroatoms. The van der Waals surface area contributed by atoms with Gasteiger partial charge in [-0.05, 0) is 30.5 Å². The molecule has 0 unspecified atom stereocenters. The molecule has 1 saturated heterocycles. The van der Waals surface area contributed by atoms with Gasteiger partial charge < -0.3 is 15.4 Å². The lowest BCUT2D eigenvalue weighted by Crippen LogP contribution is -2.31. The Morgan fingerprint density at radius 2 is 2.25 bits per heavy atom. The number of piperidine rings is 1. The van der Waals surface area contributed by atoms with Crippen molar-refractivity contribution in [2.45, 2.75) is 25.9 Å². The van der Waals surface area contributed by atoms with Gasteiger partial charge in [0.2, 0.25) is 0 Å². The number of likely N-dealkylation sites (tertiary alicyclic amines) is 1. The van der Waals surface area contributed by atoms with Crippen molar-refractivity contribution in [3.8, 4) is 6.01 Å². The highest BCUT2D eigenvalue weighted by Crippen LogP contribution is 2.20. The first kappa shape index (κ1) is 16.2. The molecule has 24 heavy (non-hydrogen) atoms. The zero-order valence-corrected chi connectivity index (χ0v) is 13.6. The minimum Gasteiger partial charge on any atom is -0.459 e. The summed E-state index contributed by atoms with van der Waals surface area (Å²) in [6, 6.07) is 7.43. The minimum absolute atomic E-state index is 0.0105. The van der Waals surface area contributed by atoms with Crippen LogP contribution in [-0.4, -0.2) is 34.3 Å². The Morgan fingerprint density at radius 1 is 1.38 bits per heavy atom. The largest absolute Gasteiger partial charge is 0.459 e. The highest BCUT2D eigenvalue weighted by molar-refractivity contribution is 5.84. The van der Waals surface area contributed by atoms with Gasteiger partial charge in [0.05, 0.1) is 6.20 Å². The third-order valence-electron chi connectivity index (χ3n) is 3.84. The van der Waals surface area contributed by atoms with Gasteiger partial charge in [-0.15, -0.1) is 0 Å². The average Bonchev–Trinajstić information content (AvgIpc) is 2.57. The molecule has 126 valence electrons. The van der Waals surface area contributed by atoms with Crippen molar-refractivity contribution < 1.29 is 9.13 Å². The number of amidine groups is 1. The van der Waals surface area contributed by atoms with E-state index in [1.807, 2.05) is 30.1 Å². The van der Waals surface area contributed by atoms with Gasteiger partial charge in [-0.25, -0.2) is 14.4 Å². The van der Waals surface area contributed by atoms with E-state index >= 15 is 0 Å². The molecule has 0 amide bonds. The predicted molar refractivity (Wildman–Crippen MR) is 90.8 cm³/mol. The number of halogens is 1. The number of aliphatic imine (C=N–C) groups is 1. The van der Waals surface area contributed by atoms with Crippen LogP contribution in [0.2, 0.25) is 0 Å². The summed E-state index contributed by atoms with van der Waals surface area (Å²) in [4.78, 5) is 14.3. The molecule has 0 radical (unpaired) electrons. The number of hydrogen-bond acceptors (Lipinski definition) is 5. The van der Waals surface area contributed by atoms with E-state index in [0.717, 1.165) is 43.4 Å². The Balaban J connectivity index is 1.75. The summed E-state index contributed by atoms with van der Waals surface area (Å²) in [5.74, 6) is 0.287. The molecule has 1 fully saturated rings. The molecule has 2 heterocycles. The molecular weight excluding hydrogens is 309 g/mol. The van der Waals surface area contributed by atoms with Crippen LogP contribution in [0.5, 0.6) is 6.01 Å². The maximum Gasteiger partial charge on any atom is 0.318 e. The van der Waals surface area contributed by atoms with E-state index in [4.69, 9.17) is 10.5 Å². The molecule has 1 aromatic heterocycles. The van der Waals surface area contributed by atoms with Gasteiger partial charge in [-0.1, -0.05) is 12.1 Å². The maximum absolute atomic E-state index is 13.9. The van der Waals surface area contributed by atoms with E-state index in [-0.39, 0.29) is 18.4 Å².